The molecule has 28 heavy (non-hydrogen) atoms. The number of aromatic amines is 1. The third kappa shape index (κ3) is 2.33. The fraction of sp³-hybridized carbons (Fsp3) is 0.455. The van der Waals surface area contributed by atoms with E-state index in [1.54, 1.807) is 6.26 Å². The number of fused-ring (bicyclic) bond motifs is 6. The summed E-state index contributed by atoms with van der Waals surface area (Å²) in [4.78, 5) is 18.3. The van der Waals surface area contributed by atoms with Crippen molar-refractivity contribution in [2.75, 3.05) is 13.7 Å². The quantitative estimate of drug-likeness (QED) is 0.773. The van der Waals surface area contributed by atoms with Crippen molar-refractivity contribution in [3.05, 3.63) is 47.4 Å². The number of hydrogen-bond acceptors (Lipinski definition) is 5. The molecule has 3 aliphatic heterocycles. The molecule has 0 radical (unpaired) electrons. The predicted octanol–water partition coefficient (Wildman–Crippen LogP) is 3.07. The zero-order valence-electron chi connectivity index (χ0n) is 16.0. The number of carbonyl (C=O) groups excluding carboxylic acids is 1. The van der Waals surface area contributed by atoms with Crippen LogP contribution in [0, 0.1) is 23.2 Å². The molecule has 0 aliphatic carbocycles. The molecule has 6 heteroatoms. The highest BCUT2D eigenvalue weighted by Crippen LogP contribution is 2.50. The second-order valence-electron chi connectivity index (χ2n) is 7.97. The smallest absolute Gasteiger partial charge is 0.337 e. The van der Waals surface area contributed by atoms with Crippen LogP contribution in [0.15, 0.2) is 36.1 Å². The number of methoxy groups -OCH3 is 1. The predicted molar refractivity (Wildman–Crippen MR) is 103 cm³/mol. The molecule has 1 aromatic carbocycles. The molecule has 5 atom stereocenters. The van der Waals surface area contributed by atoms with E-state index in [-0.39, 0.29) is 36.0 Å². The molecule has 4 heterocycles. The molecule has 0 amide bonds. The number of nitriles is 1. The van der Waals surface area contributed by atoms with Crippen LogP contribution in [0.1, 0.15) is 30.6 Å². The number of piperidine rings is 1. The SMILES string of the molecule is COC(=O)C1=CO[C@@H](C)[C@H]2[C@@H]1C[C@@H]1c3[nH]c4ccccc4c3CCN1[C@@H]2C#N. The first-order valence-corrected chi connectivity index (χ1v) is 9.82. The number of aromatic nitrogens is 1. The number of hydrogen-bond donors (Lipinski definition) is 1. The number of benzene rings is 1. The number of para-hydroxylation sites is 1. The number of ether oxygens (including phenoxy) is 2. The summed E-state index contributed by atoms with van der Waals surface area (Å²) in [5.41, 5.74) is 4.22. The largest absolute Gasteiger partial charge is 0.497 e. The summed E-state index contributed by atoms with van der Waals surface area (Å²) in [7, 11) is 1.39. The second kappa shape index (κ2) is 6.39. The number of carbonyl (C=O) groups is 1. The van der Waals surface area contributed by atoms with Gasteiger partial charge in [0.25, 0.3) is 0 Å². The van der Waals surface area contributed by atoms with Gasteiger partial charge in [0.2, 0.25) is 0 Å². The van der Waals surface area contributed by atoms with Crippen LogP contribution in [-0.2, 0) is 20.7 Å². The minimum Gasteiger partial charge on any atom is -0.497 e. The fourth-order valence-electron chi connectivity index (χ4n) is 5.52. The van der Waals surface area contributed by atoms with Crippen LogP contribution >= 0.6 is 0 Å². The van der Waals surface area contributed by atoms with Gasteiger partial charge in [-0.2, -0.15) is 5.26 Å². The van der Waals surface area contributed by atoms with Gasteiger partial charge < -0.3 is 14.5 Å². The van der Waals surface area contributed by atoms with Crippen LogP contribution < -0.4 is 0 Å². The normalized spacial score (nSPS) is 31.6. The molecule has 5 rings (SSSR count). The van der Waals surface area contributed by atoms with Gasteiger partial charge in [0.1, 0.15) is 12.1 Å². The van der Waals surface area contributed by atoms with E-state index in [9.17, 15) is 10.1 Å². The summed E-state index contributed by atoms with van der Waals surface area (Å²) in [6.07, 6.45) is 3.13. The molecule has 0 spiro atoms. The van der Waals surface area contributed by atoms with E-state index in [4.69, 9.17) is 9.47 Å². The highest BCUT2D eigenvalue weighted by molar-refractivity contribution is 5.89. The van der Waals surface area contributed by atoms with Crippen LogP contribution in [0.2, 0.25) is 0 Å². The topological polar surface area (TPSA) is 78.3 Å². The number of nitrogens with zero attached hydrogens (tertiary/aromatic N) is 2. The molecule has 144 valence electrons. The average Bonchev–Trinajstić information content (AvgIpc) is 3.11. The van der Waals surface area contributed by atoms with Gasteiger partial charge in [0.15, 0.2) is 0 Å². The zero-order chi connectivity index (χ0) is 19.4. The van der Waals surface area contributed by atoms with Crippen LogP contribution in [0.25, 0.3) is 10.9 Å². The first-order valence-electron chi connectivity index (χ1n) is 9.82. The highest BCUT2D eigenvalue weighted by Gasteiger charge is 2.52. The Morgan fingerprint density at radius 3 is 3.00 bits per heavy atom. The molecule has 1 fully saturated rings. The highest BCUT2D eigenvalue weighted by atomic mass is 16.5. The van der Waals surface area contributed by atoms with Gasteiger partial charge in [0.05, 0.1) is 31.1 Å². The summed E-state index contributed by atoms with van der Waals surface area (Å²) in [6.45, 7) is 2.83. The van der Waals surface area contributed by atoms with E-state index < -0.39 is 0 Å². The summed E-state index contributed by atoms with van der Waals surface area (Å²) in [6, 6.07) is 10.7. The van der Waals surface area contributed by atoms with Crippen molar-refractivity contribution in [1.29, 1.82) is 5.26 Å². The molecular weight excluding hydrogens is 354 g/mol. The van der Waals surface area contributed by atoms with Crippen LogP contribution in [0.5, 0.6) is 0 Å². The summed E-state index contributed by atoms with van der Waals surface area (Å²) < 4.78 is 10.8. The third-order valence-corrected chi connectivity index (χ3v) is 6.77. The van der Waals surface area contributed by atoms with Crippen molar-refractivity contribution in [2.45, 2.75) is 38.0 Å². The van der Waals surface area contributed by atoms with Crippen molar-refractivity contribution in [3.8, 4) is 6.07 Å². The monoisotopic (exact) mass is 377 g/mol. The Morgan fingerprint density at radius 1 is 1.39 bits per heavy atom. The van der Waals surface area contributed by atoms with Crippen LogP contribution in [0.4, 0.5) is 0 Å². The molecule has 6 nitrogen and oxygen atoms in total. The Balaban J connectivity index is 1.62. The molecular formula is C22H23N3O3. The van der Waals surface area contributed by atoms with E-state index in [0.717, 1.165) is 24.9 Å². The van der Waals surface area contributed by atoms with Crippen molar-refractivity contribution in [3.63, 3.8) is 0 Å². The Kier molecular flexibility index (Phi) is 3.95. The lowest BCUT2D eigenvalue weighted by Gasteiger charge is -2.51. The van der Waals surface area contributed by atoms with Gasteiger partial charge in [-0.15, -0.1) is 0 Å². The van der Waals surface area contributed by atoms with E-state index in [2.05, 4.69) is 34.2 Å². The lowest BCUT2D eigenvalue weighted by atomic mass is 9.68. The Morgan fingerprint density at radius 2 is 2.21 bits per heavy atom. The molecule has 0 bridgehead atoms. The second-order valence-corrected chi connectivity index (χ2v) is 7.97. The number of rotatable bonds is 1. The van der Waals surface area contributed by atoms with Crippen LogP contribution in [0.3, 0.4) is 0 Å². The van der Waals surface area contributed by atoms with E-state index in [1.165, 1.54) is 23.8 Å². The van der Waals surface area contributed by atoms with Gasteiger partial charge in [-0.1, -0.05) is 18.2 Å². The first kappa shape index (κ1) is 17.3. The molecule has 0 unspecified atom stereocenters. The molecule has 1 aromatic heterocycles. The van der Waals surface area contributed by atoms with Crippen molar-refractivity contribution in [2.24, 2.45) is 11.8 Å². The van der Waals surface area contributed by atoms with Gasteiger partial charge in [0, 0.05) is 35.0 Å². The Bertz CT molecular complexity index is 1020. The van der Waals surface area contributed by atoms with Crippen molar-refractivity contribution in [1.82, 2.24) is 9.88 Å². The van der Waals surface area contributed by atoms with Gasteiger partial charge in [-0.05, 0) is 31.4 Å². The lowest BCUT2D eigenvalue weighted by molar-refractivity contribution is -0.139. The summed E-state index contributed by atoms with van der Waals surface area (Å²) >= 11 is 0. The van der Waals surface area contributed by atoms with E-state index in [0.29, 0.717) is 5.57 Å². The maximum absolute atomic E-state index is 12.4. The van der Waals surface area contributed by atoms with Crippen molar-refractivity contribution < 1.29 is 14.3 Å². The standard InChI is InChI=1S/C22H23N3O3/c1-12-20-15(16(11-28-12)22(26)27-2)9-18-21-14(7-8-25(18)19(20)10-23)13-5-3-4-6-17(13)24-21/h3-6,11-12,15,18-20,24H,7-9H2,1-2H3/t12-,15+,18+,19+,20-/m0/s1. The minimum absolute atomic E-state index is 0.0497. The minimum atomic E-state index is -0.361. The summed E-state index contributed by atoms with van der Waals surface area (Å²) in [5.74, 6) is -0.467. The van der Waals surface area contributed by atoms with Crippen LogP contribution in [-0.4, -0.2) is 41.7 Å². The van der Waals surface area contributed by atoms with Gasteiger partial charge >= 0.3 is 5.97 Å². The zero-order valence-corrected chi connectivity index (χ0v) is 16.0. The molecule has 3 aliphatic rings. The van der Waals surface area contributed by atoms with Crippen molar-refractivity contribution >= 4 is 16.9 Å². The lowest BCUT2D eigenvalue weighted by Crippen LogP contribution is -2.57. The molecule has 1 saturated heterocycles. The number of H-pyrrole nitrogens is 1. The van der Waals surface area contributed by atoms with Gasteiger partial charge in [-0.3, -0.25) is 4.90 Å². The van der Waals surface area contributed by atoms with E-state index >= 15 is 0 Å². The maximum Gasteiger partial charge on any atom is 0.337 e. The third-order valence-electron chi connectivity index (χ3n) is 6.77. The Hall–Kier alpha value is -2.78. The molecule has 2 aromatic rings. The van der Waals surface area contributed by atoms with Gasteiger partial charge in [-0.25, -0.2) is 4.79 Å². The summed E-state index contributed by atoms with van der Waals surface area (Å²) in [5, 5.41) is 11.3. The fourth-order valence-corrected chi connectivity index (χ4v) is 5.52. The molecule has 1 N–H and O–H groups in total. The molecule has 0 saturated carbocycles. The average molecular weight is 377 g/mol. The first-order chi connectivity index (χ1) is 13.6. The Labute approximate surface area is 163 Å². The number of nitrogens with one attached hydrogen (secondary N) is 1. The van der Waals surface area contributed by atoms with E-state index in [1.807, 2.05) is 13.0 Å². The number of esters is 1. The maximum atomic E-state index is 12.4.